The highest BCUT2D eigenvalue weighted by Gasteiger charge is 2.32. The van der Waals surface area contributed by atoms with Crippen LogP contribution in [0.1, 0.15) is 48.5 Å². The van der Waals surface area contributed by atoms with Crippen LogP contribution in [0.15, 0.2) is 52.9 Å². The average molecular weight is 527 g/mol. The van der Waals surface area contributed by atoms with Crippen molar-refractivity contribution < 1.29 is 18.0 Å². The molecule has 1 amide bonds. The summed E-state index contributed by atoms with van der Waals surface area (Å²) in [5, 5.41) is 14.4. The Morgan fingerprint density at radius 2 is 1.82 bits per heavy atom. The first-order chi connectivity index (χ1) is 16.3. The highest BCUT2D eigenvalue weighted by molar-refractivity contribution is 8.02. The second-order valence-corrected chi connectivity index (χ2v) is 10.7. The maximum atomic E-state index is 13.2. The number of hydrogen-bond donors (Lipinski definition) is 2. The molecular weight excluding hydrogens is 505 g/mol. The van der Waals surface area contributed by atoms with E-state index in [1.54, 1.807) is 24.3 Å². The molecule has 3 aromatic rings. The van der Waals surface area contributed by atoms with E-state index in [1.165, 1.54) is 42.4 Å². The molecule has 5 nitrogen and oxygen atoms in total. The zero-order valence-corrected chi connectivity index (χ0v) is 20.3. The molecule has 180 valence electrons. The summed E-state index contributed by atoms with van der Waals surface area (Å²) in [5.74, 6) is -0.505. The van der Waals surface area contributed by atoms with Crippen LogP contribution in [0.5, 0.6) is 0 Å². The van der Waals surface area contributed by atoms with Gasteiger partial charge in [-0.25, -0.2) is 0 Å². The van der Waals surface area contributed by atoms with Crippen LogP contribution in [0.4, 0.5) is 24.0 Å². The van der Waals surface area contributed by atoms with Gasteiger partial charge in [0.15, 0.2) is 4.34 Å². The molecule has 1 fully saturated rings. The Bertz CT molecular complexity index is 1120. The maximum Gasteiger partial charge on any atom is 0.416 e. The van der Waals surface area contributed by atoms with Gasteiger partial charge in [0, 0.05) is 6.04 Å². The van der Waals surface area contributed by atoms with Crippen LogP contribution in [0.2, 0.25) is 5.02 Å². The summed E-state index contributed by atoms with van der Waals surface area (Å²) >= 11 is 8.63. The lowest BCUT2D eigenvalue weighted by Gasteiger charge is -2.21. The third kappa shape index (κ3) is 6.43. The smallest absolute Gasteiger partial charge is 0.357 e. The quantitative estimate of drug-likeness (QED) is 0.313. The van der Waals surface area contributed by atoms with Crippen molar-refractivity contribution in [3.63, 3.8) is 0 Å². The Morgan fingerprint density at radius 3 is 2.53 bits per heavy atom. The molecule has 0 radical (unpaired) electrons. The van der Waals surface area contributed by atoms with E-state index in [0.29, 0.717) is 21.1 Å². The van der Waals surface area contributed by atoms with Gasteiger partial charge in [-0.3, -0.25) is 4.79 Å². The minimum Gasteiger partial charge on any atom is -0.357 e. The van der Waals surface area contributed by atoms with Gasteiger partial charge in [0.05, 0.1) is 16.3 Å². The van der Waals surface area contributed by atoms with Crippen LogP contribution in [0.25, 0.3) is 0 Å². The molecule has 1 heterocycles. The number of carbonyl (C=O) groups is 1. The van der Waals surface area contributed by atoms with E-state index in [2.05, 4.69) is 20.8 Å². The standard InChI is InChI=1S/C23H22ClF3N4OS2/c24-17-12-11-15(23(25,26)27)13-18(17)29-20(32)19(14-7-3-1-4-8-14)33-22-31-30-21(34-22)28-16-9-5-2-6-10-16/h1,3-4,7-8,11-13,16,19H,2,5-6,9-10H2,(H,28,30)(H,29,32)/t19-/m0/s1. The Hall–Kier alpha value is -2.30. The highest BCUT2D eigenvalue weighted by atomic mass is 35.5. The van der Waals surface area contributed by atoms with Crippen LogP contribution in [-0.2, 0) is 11.0 Å². The molecule has 4 rings (SSSR count). The van der Waals surface area contributed by atoms with Gasteiger partial charge >= 0.3 is 6.18 Å². The number of anilines is 2. The van der Waals surface area contributed by atoms with Gasteiger partial charge in [-0.15, -0.1) is 10.2 Å². The van der Waals surface area contributed by atoms with E-state index in [-0.39, 0.29) is 10.7 Å². The molecule has 0 bridgehead atoms. The van der Waals surface area contributed by atoms with Crippen molar-refractivity contribution >= 4 is 51.4 Å². The summed E-state index contributed by atoms with van der Waals surface area (Å²) in [6.45, 7) is 0. The number of hydrogen-bond acceptors (Lipinski definition) is 6. The first-order valence-corrected chi connectivity index (χ1v) is 12.9. The number of thioether (sulfide) groups is 1. The second-order valence-electron chi connectivity index (χ2n) is 7.94. The minimum absolute atomic E-state index is 0.0213. The molecule has 34 heavy (non-hydrogen) atoms. The van der Waals surface area contributed by atoms with Crippen LogP contribution >= 0.6 is 34.7 Å². The number of aromatic nitrogens is 2. The number of carbonyl (C=O) groups excluding carboxylic acids is 1. The van der Waals surface area contributed by atoms with Gasteiger partial charge in [-0.2, -0.15) is 13.2 Å². The molecule has 1 aliphatic rings. The predicted molar refractivity (Wildman–Crippen MR) is 131 cm³/mol. The molecule has 0 unspecified atom stereocenters. The van der Waals surface area contributed by atoms with E-state index in [1.807, 2.05) is 6.07 Å². The topological polar surface area (TPSA) is 66.9 Å². The highest BCUT2D eigenvalue weighted by Crippen LogP contribution is 2.40. The summed E-state index contributed by atoms with van der Waals surface area (Å²) in [6, 6.07) is 12.2. The first-order valence-electron chi connectivity index (χ1n) is 10.8. The van der Waals surface area contributed by atoms with Crippen molar-refractivity contribution in [2.24, 2.45) is 0 Å². The van der Waals surface area contributed by atoms with Gasteiger partial charge in [-0.1, -0.05) is 84.3 Å². The average Bonchev–Trinajstić information content (AvgIpc) is 3.26. The molecule has 1 saturated carbocycles. The van der Waals surface area contributed by atoms with Crippen molar-refractivity contribution in [1.29, 1.82) is 0 Å². The van der Waals surface area contributed by atoms with Crippen molar-refractivity contribution in [3.05, 3.63) is 64.7 Å². The van der Waals surface area contributed by atoms with Gasteiger partial charge in [-0.05, 0) is 36.6 Å². The number of amides is 1. The molecular formula is C23H22ClF3N4OS2. The van der Waals surface area contributed by atoms with Gasteiger partial charge in [0.2, 0.25) is 11.0 Å². The fourth-order valence-corrected chi connectivity index (χ4v) is 5.92. The Morgan fingerprint density at radius 1 is 1.09 bits per heavy atom. The van der Waals surface area contributed by atoms with E-state index in [9.17, 15) is 18.0 Å². The maximum absolute atomic E-state index is 13.2. The van der Waals surface area contributed by atoms with Crippen LogP contribution in [0, 0.1) is 0 Å². The number of nitrogens with zero attached hydrogens (tertiary/aromatic N) is 2. The summed E-state index contributed by atoms with van der Waals surface area (Å²) in [7, 11) is 0. The lowest BCUT2D eigenvalue weighted by Crippen LogP contribution is -2.21. The van der Waals surface area contributed by atoms with Gasteiger partial charge < -0.3 is 10.6 Å². The monoisotopic (exact) mass is 526 g/mol. The largest absolute Gasteiger partial charge is 0.416 e. The van der Waals surface area contributed by atoms with E-state index in [0.717, 1.165) is 31.0 Å². The van der Waals surface area contributed by atoms with E-state index in [4.69, 9.17) is 11.6 Å². The first kappa shape index (κ1) is 24.8. The van der Waals surface area contributed by atoms with Crippen LogP contribution in [-0.4, -0.2) is 22.1 Å². The van der Waals surface area contributed by atoms with Crippen LogP contribution < -0.4 is 10.6 Å². The number of halogens is 4. The zero-order valence-electron chi connectivity index (χ0n) is 17.9. The molecule has 1 atom stereocenters. The number of rotatable bonds is 7. The summed E-state index contributed by atoms with van der Waals surface area (Å²) < 4.78 is 40.0. The number of alkyl halides is 3. The van der Waals surface area contributed by atoms with Crippen molar-refractivity contribution in [2.75, 3.05) is 10.6 Å². The van der Waals surface area contributed by atoms with Gasteiger partial charge in [0.1, 0.15) is 5.25 Å². The predicted octanol–water partition coefficient (Wildman–Crippen LogP) is 7.43. The Balaban J connectivity index is 1.53. The molecule has 11 heteroatoms. The number of benzene rings is 2. The fourth-order valence-electron chi connectivity index (χ4n) is 3.73. The third-order valence-electron chi connectivity index (χ3n) is 5.45. The normalized spacial score (nSPS) is 15.6. The van der Waals surface area contributed by atoms with Gasteiger partial charge in [0.25, 0.3) is 0 Å². The molecule has 0 saturated heterocycles. The Labute approximate surface area is 208 Å². The minimum atomic E-state index is -4.55. The number of nitrogens with one attached hydrogen (secondary N) is 2. The molecule has 0 aliphatic heterocycles. The van der Waals surface area contributed by atoms with Crippen molar-refractivity contribution in [1.82, 2.24) is 10.2 Å². The molecule has 2 N–H and O–H groups in total. The molecule has 2 aromatic carbocycles. The molecule has 1 aromatic heterocycles. The third-order valence-corrected chi connectivity index (χ3v) is 7.97. The zero-order chi connectivity index (χ0) is 24.1. The lowest BCUT2D eigenvalue weighted by atomic mass is 9.96. The van der Waals surface area contributed by atoms with E-state index >= 15 is 0 Å². The molecule has 1 aliphatic carbocycles. The summed E-state index contributed by atoms with van der Waals surface area (Å²) in [4.78, 5) is 13.2. The van der Waals surface area contributed by atoms with Crippen molar-refractivity contribution in [2.45, 2.75) is 53.9 Å². The second kappa shape index (κ2) is 11.0. The Kier molecular flexibility index (Phi) is 8.00. The summed E-state index contributed by atoms with van der Waals surface area (Å²) in [5.41, 5.74) is -0.302. The van der Waals surface area contributed by atoms with E-state index < -0.39 is 22.9 Å². The van der Waals surface area contributed by atoms with Crippen molar-refractivity contribution in [3.8, 4) is 0 Å². The fraction of sp³-hybridized carbons (Fsp3) is 0.348. The van der Waals surface area contributed by atoms with Crippen LogP contribution in [0.3, 0.4) is 0 Å². The summed E-state index contributed by atoms with van der Waals surface area (Å²) in [6.07, 6.45) is 1.26. The SMILES string of the molecule is O=C(Nc1cc(C(F)(F)F)ccc1Cl)[C@@H](Sc1nnc(NC2CCCCC2)s1)c1ccccc1. The molecule has 0 spiro atoms. The lowest BCUT2D eigenvalue weighted by molar-refractivity contribution is -0.137.